The van der Waals surface area contributed by atoms with Crippen molar-refractivity contribution in [3.63, 3.8) is 0 Å². The quantitative estimate of drug-likeness (QED) is 0.806. The summed E-state index contributed by atoms with van der Waals surface area (Å²) in [7, 11) is 1.51. The minimum Gasteiger partial charge on any atom is -0.496 e. The van der Waals surface area contributed by atoms with Crippen LogP contribution in [0.3, 0.4) is 0 Å². The van der Waals surface area contributed by atoms with E-state index in [9.17, 15) is 9.18 Å². The average molecular weight is 411 g/mol. The Morgan fingerprint density at radius 1 is 1.37 bits per heavy atom. The van der Waals surface area contributed by atoms with Gasteiger partial charge in [0.25, 0.3) is 5.91 Å². The fourth-order valence-corrected chi connectivity index (χ4v) is 4.79. The number of ether oxygens (including phenoxy) is 1. The van der Waals surface area contributed by atoms with Gasteiger partial charge in [-0.05, 0) is 78.4 Å². The van der Waals surface area contributed by atoms with Crippen LogP contribution in [0.5, 0.6) is 5.75 Å². The summed E-state index contributed by atoms with van der Waals surface area (Å²) in [6.07, 6.45) is 3.21. The number of hydrogen-bond acceptors (Lipinski definition) is 4. The maximum Gasteiger partial charge on any atom is 0.258 e. The van der Waals surface area contributed by atoms with E-state index in [1.165, 1.54) is 25.3 Å². The SMILES string of the molecule is COc1ccc(F)cc1C(=O)N(Cc1ccsc1)C1CC12CCNCC2.Cl. The van der Waals surface area contributed by atoms with Gasteiger partial charge in [-0.3, -0.25) is 4.79 Å². The first kappa shape index (κ1) is 20.1. The monoisotopic (exact) mass is 410 g/mol. The van der Waals surface area contributed by atoms with Crippen LogP contribution in [-0.2, 0) is 6.54 Å². The van der Waals surface area contributed by atoms with E-state index in [4.69, 9.17) is 4.74 Å². The first-order valence-electron chi connectivity index (χ1n) is 8.99. The lowest BCUT2D eigenvalue weighted by molar-refractivity contribution is 0.0688. The van der Waals surface area contributed by atoms with Gasteiger partial charge in [0.05, 0.1) is 12.7 Å². The van der Waals surface area contributed by atoms with E-state index in [1.54, 1.807) is 11.3 Å². The van der Waals surface area contributed by atoms with Crippen LogP contribution < -0.4 is 10.1 Å². The molecule has 2 aliphatic rings. The summed E-state index contributed by atoms with van der Waals surface area (Å²) in [6, 6.07) is 6.40. The molecule has 2 fully saturated rings. The van der Waals surface area contributed by atoms with Crippen molar-refractivity contribution in [2.75, 3.05) is 20.2 Å². The predicted octanol–water partition coefficient (Wildman–Crippen LogP) is 4.10. The molecule has 1 amide bonds. The van der Waals surface area contributed by atoms with E-state index in [1.807, 2.05) is 16.3 Å². The van der Waals surface area contributed by atoms with Crippen molar-refractivity contribution in [1.29, 1.82) is 0 Å². The molecule has 0 radical (unpaired) electrons. The Kier molecular flexibility index (Phi) is 6.08. The van der Waals surface area contributed by atoms with Crippen LogP contribution in [0.25, 0.3) is 0 Å². The normalized spacial score (nSPS) is 20.0. The highest BCUT2D eigenvalue weighted by atomic mass is 35.5. The fourth-order valence-electron chi connectivity index (χ4n) is 4.13. The van der Waals surface area contributed by atoms with Crippen LogP contribution in [0.1, 0.15) is 35.2 Å². The van der Waals surface area contributed by atoms with Gasteiger partial charge in [0.1, 0.15) is 11.6 Å². The van der Waals surface area contributed by atoms with Gasteiger partial charge >= 0.3 is 0 Å². The van der Waals surface area contributed by atoms with Gasteiger partial charge in [0, 0.05) is 12.6 Å². The number of benzene rings is 1. The lowest BCUT2D eigenvalue weighted by atomic mass is 9.93. The number of rotatable bonds is 5. The van der Waals surface area contributed by atoms with E-state index in [-0.39, 0.29) is 29.8 Å². The predicted molar refractivity (Wildman–Crippen MR) is 107 cm³/mol. The summed E-state index contributed by atoms with van der Waals surface area (Å²) < 4.78 is 19.1. The van der Waals surface area contributed by atoms with Gasteiger partial charge in [-0.15, -0.1) is 12.4 Å². The van der Waals surface area contributed by atoms with E-state index < -0.39 is 5.82 Å². The van der Waals surface area contributed by atoms with Crippen molar-refractivity contribution in [2.45, 2.75) is 31.8 Å². The number of thiophene rings is 1. The van der Waals surface area contributed by atoms with E-state index in [0.29, 0.717) is 17.9 Å². The van der Waals surface area contributed by atoms with Gasteiger partial charge in [-0.1, -0.05) is 0 Å². The topological polar surface area (TPSA) is 41.6 Å². The summed E-state index contributed by atoms with van der Waals surface area (Å²) >= 11 is 1.63. The molecule has 1 aromatic heterocycles. The lowest BCUT2D eigenvalue weighted by Crippen LogP contribution is -2.39. The summed E-state index contributed by atoms with van der Waals surface area (Å²) in [6.45, 7) is 2.56. The van der Waals surface area contributed by atoms with E-state index in [0.717, 1.165) is 37.9 Å². The largest absolute Gasteiger partial charge is 0.496 e. The molecule has 0 bridgehead atoms. The van der Waals surface area contributed by atoms with Gasteiger partial charge < -0.3 is 15.0 Å². The summed E-state index contributed by atoms with van der Waals surface area (Å²) in [5, 5.41) is 7.49. The molecule has 146 valence electrons. The number of hydrogen-bond donors (Lipinski definition) is 1. The van der Waals surface area contributed by atoms with Crippen molar-refractivity contribution in [3.8, 4) is 5.75 Å². The van der Waals surface area contributed by atoms with Crippen molar-refractivity contribution >= 4 is 29.7 Å². The number of carbonyl (C=O) groups excluding carboxylic acids is 1. The third-order valence-electron chi connectivity index (χ3n) is 5.71. The molecule has 1 atom stereocenters. The number of carbonyl (C=O) groups is 1. The van der Waals surface area contributed by atoms with Crippen molar-refractivity contribution < 1.29 is 13.9 Å². The molecule has 1 spiro atoms. The van der Waals surface area contributed by atoms with Gasteiger partial charge in [-0.2, -0.15) is 11.3 Å². The van der Waals surface area contributed by atoms with Gasteiger partial charge in [-0.25, -0.2) is 4.39 Å². The molecule has 1 saturated heterocycles. The number of methoxy groups -OCH3 is 1. The van der Waals surface area contributed by atoms with Crippen LogP contribution in [0, 0.1) is 11.2 Å². The molecule has 4 rings (SSSR count). The average Bonchev–Trinajstić information content (AvgIpc) is 3.08. The van der Waals surface area contributed by atoms with Crippen LogP contribution in [0.15, 0.2) is 35.0 Å². The second kappa shape index (κ2) is 8.17. The maximum atomic E-state index is 13.8. The van der Waals surface area contributed by atoms with Crippen LogP contribution in [-0.4, -0.2) is 37.0 Å². The Balaban J connectivity index is 0.00000210. The third kappa shape index (κ3) is 3.98. The molecule has 1 aliphatic carbocycles. The first-order valence-corrected chi connectivity index (χ1v) is 9.93. The molecule has 2 heterocycles. The zero-order chi connectivity index (χ0) is 18.1. The lowest BCUT2D eigenvalue weighted by Gasteiger charge is -2.30. The molecule has 1 unspecified atom stereocenters. The van der Waals surface area contributed by atoms with E-state index in [2.05, 4.69) is 10.7 Å². The zero-order valence-corrected chi connectivity index (χ0v) is 16.9. The molecule has 1 aliphatic heterocycles. The standard InChI is InChI=1S/C20H23FN2O2S.ClH/c1-25-17-3-2-15(21)10-16(17)19(24)23(12-14-4-9-26-13-14)18-11-20(18)5-7-22-8-6-20;/h2-4,9-10,13,18,22H,5-8,11-12H2,1H3;1H. The smallest absolute Gasteiger partial charge is 0.258 e. The Hall–Kier alpha value is -1.63. The second-order valence-electron chi connectivity index (χ2n) is 7.24. The number of amides is 1. The zero-order valence-electron chi connectivity index (χ0n) is 15.2. The summed E-state index contributed by atoms with van der Waals surface area (Å²) in [5.74, 6) is -0.142. The molecule has 1 saturated carbocycles. The van der Waals surface area contributed by atoms with Gasteiger partial charge in [0.15, 0.2) is 0 Å². The minimum absolute atomic E-state index is 0. The number of halogens is 2. The highest BCUT2D eigenvalue weighted by Crippen LogP contribution is 2.56. The minimum atomic E-state index is -0.419. The molecule has 4 nitrogen and oxygen atoms in total. The Bertz CT molecular complexity index is 793. The third-order valence-corrected chi connectivity index (χ3v) is 6.44. The van der Waals surface area contributed by atoms with Crippen molar-refractivity contribution in [2.24, 2.45) is 5.41 Å². The van der Waals surface area contributed by atoms with Crippen molar-refractivity contribution in [1.82, 2.24) is 10.2 Å². The molecular weight excluding hydrogens is 387 g/mol. The molecule has 7 heteroatoms. The van der Waals surface area contributed by atoms with Crippen LogP contribution >= 0.6 is 23.7 Å². The highest BCUT2D eigenvalue weighted by molar-refractivity contribution is 7.07. The van der Waals surface area contributed by atoms with Crippen LogP contribution in [0.2, 0.25) is 0 Å². The summed E-state index contributed by atoms with van der Waals surface area (Å²) in [5.41, 5.74) is 1.64. The van der Waals surface area contributed by atoms with Crippen molar-refractivity contribution in [3.05, 3.63) is 52.0 Å². The fraction of sp³-hybridized carbons (Fsp3) is 0.450. The second-order valence-corrected chi connectivity index (χ2v) is 8.02. The summed E-state index contributed by atoms with van der Waals surface area (Å²) in [4.78, 5) is 15.3. The van der Waals surface area contributed by atoms with Crippen LogP contribution in [0.4, 0.5) is 4.39 Å². The molecule has 1 aromatic carbocycles. The Morgan fingerprint density at radius 2 is 2.15 bits per heavy atom. The molecular formula is C20H24ClFN2O2S. The molecule has 2 aromatic rings. The number of piperidine rings is 1. The molecule has 1 N–H and O–H groups in total. The number of nitrogens with zero attached hydrogens (tertiary/aromatic N) is 1. The highest BCUT2D eigenvalue weighted by Gasteiger charge is 2.57. The molecule has 27 heavy (non-hydrogen) atoms. The van der Waals surface area contributed by atoms with Gasteiger partial charge in [0.2, 0.25) is 0 Å². The Labute approximate surface area is 169 Å². The first-order chi connectivity index (χ1) is 12.6. The maximum absolute atomic E-state index is 13.8. The van der Waals surface area contributed by atoms with E-state index >= 15 is 0 Å². The Morgan fingerprint density at radius 3 is 2.81 bits per heavy atom. The number of nitrogens with one attached hydrogen (secondary N) is 1.